The van der Waals surface area contributed by atoms with Gasteiger partial charge in [-0.25, -0.2) is 4.79 Å². The lowest BCUT2D eigenvalue weighted by Gasteiger charge is -2.17. The Balaban J connectivity index is 1.74. The van der Waals surface area contributed by atoms with Crippen LogP contribution in [0.1, 0.15) is 18.4 Å². The molecule has 110 valence electrons. The highest BCUT2D eigenvalue weighted by atomic mass is 16.6. The summed E-state index contributed by atoms with van der Waals surface area (Å²) in [5.74, 6) is 0.362. The van der Waals surface area contributed by atoms with Crippen molar-refractivity contribution in [2.24, 2.45) is 11.7 Å². The van der Waals surface area contributed by atoms with Crippen molar-refractivity contribution in [2.45, 2.75) is 25.5 Å². The topological polar surface area (TPSA) is 75.8 Å². The summed E-state index contributed by atoms with van der Waals surface area (Å²) in [6, 6.07) is 9.44. The van der Waals surface area contributed by atoms with Gasteiger partial charge in [0.05, 0.1) is 6.61 Å². The van der Waals surface area contributed by atoms with Crippen LogP contribution in [-0.4, -0.2) is 41.8 Å². The van der Waals surface area contributed by atoms with Crippen molar-refractivity contribution in [2.75, 3.05) is 19.7 Å². The van der Waals surface area contributed by atoms with Gasteiger partial charge in [-0.15, -0.1) is 0 Å². The Morgan fingerprint density at radius 2 is 2.20 bits per heavy atom. The summed E-state index contributed by atoms with van der Waals surface area (Å²) >= 11 is 0. The van der Waals surface area contributed by atoms with Crippen molar-refractivity contribution in [1.82, 2.24) is 4.90 Å². The van der Waals surface area contributed by atoms with Crippen molar-refractivity contribution in [3.05, 3.63) is 35.9 Å². The average molecular weight is 278 g/mol. The zero-order chi connectivity index (χ0) is 14.4. The van der Waals surface area contributed by atoms with Gasteiger partial charge in [-0.1, -0.05) is 30.3 Å². The number of nitrogens with two attached hydrogens (primary N) is 1. The van der Waals surface area contributed by atoms with Gasteiger partial charge in [-0.2, -0.15) is 0 Å². The summed E-state index contributed by atoms with van der Waals surface area (Å²) in [7, 11) is 0. The molecule has 2 rings (SSSR count). The number of carbonyl (C=O) groups is 1. The zero-order valence-corrected chi connectivity index (χ0v) is 11.6. The molecular weight excluding hydrogens is 256 g/mol. The van der Waals surface area contributed by atoms with E-state index < -0.39 is 0 Å². The Hall–Kier alpha value is -1.59. The maximum absolute atomic E-state index is 11.9. The van der Waals surface area contributed by atoms with Crippen molar-refractivity contribution >= 4 is 6.09 Å². The molecule has 1 aliphatic heterocycles. The third-order valence-electron chi connectivity index (χ3n) is 3.62. The van der Waals surface area contributed by atoms with Crippen LogP contribution in [0.3, 0.4) is 0 Å². The minimum Gasteiger partial charge on any atom is -0.445 e. The largest absolute Gasteiger partial charge is 0.445 e. The quantitative estimate of drug-likeness (QED) is 0.852. The van der Waals surface area contributed by atoms with Crippen molar-refractivity contribution in [3.8, 4) is 0 Å². The second-order valence-electron chi connectivity index (χ2n) is 5.32. The molecule has 0 aliphatic carbocycles. The fraction of sp³-hybridized carbons (Fsp3) is 0.533. The van der Waals surface area contributed by atoms with Gasteiger partial charge in [-0.3, -0.25) is 0 Å². The number of hydrogen-bond acceptors (Lipinski definition) is 4. The molecule has 0 saturated carbocycles. The van der Waals surface area contributed by atoms with Crippen molar-refractivity contribution < 1.29 is 14.6 Å². The molecule has 1 aromatic carbocycles. The molecule has 5 nitrogen and oxygen atoms in total. The third kappa shape index (κ3) is 4.21. The lowest BCUT2D eigenvalue weighted by molar-refractivity contribution is 0.102. The van der Waals surface area contributed by atoms with E-state index in [1.165, 1.54) is 0 Å². The lowest BCUT2D eigenvalue weighted by atomic mass is 10.0. The predicted octanol–water partition coefficient (Wildman–Crippen LogP) is 1.35. The standard InChI is InChI=1S/C15H22N2O3/c16-14(10-18)8-13-6-7-17(9-13)15(19)20-11-12-4-2-1-3-5-12/h1-5,13-14,18H,6-11,16H2. The number of amides is 1. The average Bonchev–Trinajstić information content (AvgIpc) is 2.94. The van der Waals surface area contributed by atoms with Crippen LogP contribution < -0.4 is 5.73 Å². The molecule has 0 radical (unpaired) electrons. The van der Waals surface area contributed by atoms with Gasteiger partial charge in [0, 0.05) is 19.1 Å². The van der Waals surface area contributed by atoms with E-state index in [0.717, 1.165) is 18.4 Å². The van der Waals surface area contributed by atoms with Crippen LogP contribution in [0.4, 0.5) is 4.79 Å². The molecular formula is C15H22N2O3. The maximum Gasteiger partial charge on any atom is 0.410 e. The number of nitrogens with zero attached hydrogens (tertiary/aromatic N) is 1. The van der Waals surface area contributed by atoms with Crippen LogP contribution in [0.2, 0.25) is 0 Å². The zero-order valence-electron chi connectivity index (χ0n) is 11.6. The Kier molecular flexibility index (Phi) is 5.38. The number of ether oxygens (including phenoxy) is 1. The summed E-state index contributed by atoms with van der Waals surface area (Å²) < 4.78 is 5.30. The Morgan fingerprint density at radius 1 is 1.45 bits per heavy atom. The second kappa shape index (κ2) is 7.26. The highest BCUT2D eigenvalue weighted by molar-refractivity contribution is 5.68. The van der Waals surface area contributed by atoms with Crippen LogP contribution in [0.25, 0.3) is 0 Å². The molecule has 2 atom stereocenters. The molecule has 1 aliphatic rings. The number of aliphatic hydroxyl groups excluding tert-OH is 1. The molecule has 3 N–H and O–H groups in total. The summed E-state index contributed by atoms with van der Waals surface area (Å²) in [5.41, 5.74) is 6.71. The highest BCUT2D eigenvalue weighted by Gasteiger charge is 2.28. The number of hydrogen-bond donors (Lipinski definition) is 2. The van der Waals surface area contributed by atoms with Crippen LogP contribution in [0.5, 0.6) is 0 Å². The van der Waals surface area contributed by atoms with Crippen molar-refractivity contribution in [1.29, 1.82) is 0 Å². The Bertz CT molecular complexity index is 424. The summed E-state index contributed by atoms with van der Waals surface area (Å²) in [6.07, 6.45) is 1.40. The Morgan fingerprint density at radius 3 is 2.90 bits per heavy atom. The molecule has 1 amide bonds. The molecule has 1 fully saturated rings. The van der Waals surface area contributed by atoms with Crippen LogP contribution in [0.15, 0.2) is 30.3 Å². The molecule has 5 heteroatoms. The fourth-order valence-electron chi connectivity index (χ4n) is 2.50. The minimum absolute atomic E-state index is 0.00501. The number of benzene rings is 1. The normalized spacial score (nSPS) is 19.9. The van der Waals surface area contributed by atoms with Gasteiger partial charge >= 0.3 is 6.09 Å². The SMILES string of the molecule is NC(CO)CC1CCN(C(=O)OCc2ccccc2)C1. The summed E-state index contributed by atoms with van der Waals surface area (Å²) in [6.45, 7) is 1.67. The van der Waals surface area contributed by atoms with Gasteiger partial charge in [0.1, 0.15) is 6.61 Å². The van der Waals surface area contributed by atoms with Gasteiger partial charge in [0.25, 0.3) is 0 Å². The van der Waals surface area contributed by atoms with Gasteiger partial charge in [0.15, 0.2) is 0 Å². The first-order valence-corrected chi connectivity index (χ1v) is 7.01. The van der Waals surface area contributed by atoms with Gasteiger partial charge in [0.2, 0.25) is 0 Å². The molecule has 1 aromatic rings. The van der Waals surface area contributed by atoms with E-state index in [-0.39, 0.29) is 18.7 Å². The summed E-state index contributed by atoms with van der Waals surface area (Å²) in [4.78, 5) is 13.7. The maximum atomic E-state index is 11.9. The highest BCUT2D eigenvalue weighted by Crippen LogP contribution is 2.21. The number of rotatable bonds is 5. The summed E-state index contributed by atoms with van der Waals surface area (Å²) in [5, 5.41) is 8.95. The molecule has 0 aromatic heterocycles. The van der Waals surface area contributed by atoms with E-state index in [2.05, 4.69) is 0 Å². The number of aliphatic hydroxyl groups is 1. The Labute approximate surface area is 119 Å². The minimum atomic E-state index is -0.270. The molecule has 1 heterocycles. The third-order valence-corrected chi connectivity index (χ3v) is 3.62. The number of carbonyl (C=O) groups excluding carboxylic acids is 1. The molecule has 20 heavy (non-hydrogen) atoms. The molecule has 1 saturated heterocycles. The first-order chi connectivity index (χ1) is 9.69. The predicted molar refractivity (Wildman–Crippen MR) is 76.0 cm³/mol. The monoisotopic (exact) mass is 278 g/mol. The van der Waals surface area contributed by atoms with Crippen LogP contribution in [-0.2, 0) is 11.3 Å². The van der Waals surface area contributed by atoms with E-state index in [1.54, 1.807) is 4.90 Å². The fourth-order valence-corrected chi connectivity index (χ4v) is 2.50. The molecule has 0 spiro atoms. The molecule has 0 bridgehead atoms. The van der Waals surface area contributed by atoms with E-state index in [1.807, 2.05) is 30.3 Å². The van der Waals surface area contributed by atoms with Crippen molar-refractivity contribution in [3.63, 3.8) is 0 Å². The second-order valence-corrected chi connectivity index (χ2v) is 5.32. The first kappa shape index (κ1) is 14.8. The van der Waals surface area contributed by atoms with E-state index in [0.29, 0.717) is 25.6 Å². The smallest absolute Gasteiger partial charge is 0.410 e. The van der Waals surface area contributed by atoms with Gasteiger partial charge < -0.3 is 20.5 Å². The first-order valence-electron chi connectivity index (χ1n) is 7.01. The van der Waals surface area contributed by atoms with Crippen LogP contribution in [0, 0.1) is 5.92 Å². The van der Waals surface area contributed by atoms with E-state index in [4.69, 9.17) is 15.6 Å². The number of likely N-dealkylation sites (tertiary alicyclic amines) is 1. The van der Waals surface area contributed by atoms with E-state index in [9.17, 15) is 4.79 Å². The molecule has 2 unspecified atom stereocenters. The van der Waals surface area contributed by atoms with Crippen LogP contribution >= 0.6 is 0 Å². The van der Waals surface area contributed by atoms with Gasteiger partial charge in [-0.05, 0) is 24.3 Å². The lowest BCUT2D eigenvalue weighted by Crippen LogP contribution is -2.31. The van der Waals surface area contributed by atoms with E-state index >= 15 is 0 Å².